The standard InChI is InChI=1S/C21H21FN2O3/c22-17-5-1-14(2-6-17)9-10-24-12-16-11-18(23-21(26)15-3-4-15)7-8-19(16)27-13-20(24)25/h1-2,5-8,11,15H,3-4,9-10,12-13H2,(H,23,26). The van der Waals surface area contributed by atoms with Gasteiger partial charge >= 0.3 is 0 Å². The quantitative estimate of drug-likeness (QED) is 0.882. The Balaban J connectivity index is 1.45. The zero-order valence-electron chi connectivity index (χ0n) is 14.9. The molecule has 1 fully saturated rings. The van der Waals surface area contributed by atoms with Crippen LogP contribution in [0.1, 0.15) is 24.0 Å². The largest absolute Gasteiger partial charge is 0.483 e. The number of hydrogen-bond donors (Lipinski definition) is 1. The van der Waals surface area contributed by atoms with Crippen molar-refractivity contribution in [3.63, 3.8) is 0 Å². The molecule has 0 radical (unpaired) electrons. The first-order chi connectivity index (χ1) is 13.1. The minimum absolute atomic E-state index is 0.00972. The van der Waals surface area contributed by atoms with Crippen LogP contribution >= 0.6 is 0 Å². The van der Waals surface area contributed by atoms with Crippen LogP contribution in [0, 0.1) is 11.7 Å². The third kappa shape index (κ3) is 4.27. The fourth-order valence-corrected chi connectivity index (χ4v) is 3.15. The van der Waals surface area contributed by atoms with Crippen molar-refractivity contribution in [2.45, 2.75) is 25.8 Å². The van der Waals surface area contributed by atoms with E-state index >= 15 is 0 Å². The molecule has 2 aromatic rings. The molecule has 2 aromatic carbocycles. The van der Waals surface area contributed by atoms with E-state index in [1.807, 2.05) is 6.07 Å². The summed E-state index contributed by atoms with van der Waals surface area (Å²) < 4.78 is 18.7. The first-order valence-corrected chi connectivity index (χ1v) is 9.17. The molecule has 1 heterocycles. The van der Waals surface area contributed by atoms with Crippen molar-refractivity contribution in [2.75, 3.05) is 18.5 Å². The molecule has 4 rings (SSSR count). The summed E-state index contributed by atoms with van der Waals surface area (Å²) in [7, 11) is 0. The molecule has 0 bridgehead atoms. The summed E-state index contributed by atoms with van der Waals surface area (Å²) in [5.41, 5.74) is 2.57. The Hall–Kier alpha value is -2.89. The Morgan fingerprint density at radius 2 is 1.96 bits per heavy atom. The van der Waals surface area contributed by atoms with Crippen LogP contribution in [0.2, 0.25) is 0 Å². The predicted molar refractivity (Wildman–Crippen MR) is 98.8 cm³/mol. The van der Waals surface area contributed by atoms with Gasteiger partial charge in [-0.05, 0) is 55.2 Å². The van der Waals surface area contributed by atoms with E-state index in [9.17, 15) is 14.0 Å². The second kappa shape index (κ2) is 7.39. The molecule has 6 heteroatoms. The third-order valence-corrected chi connectivity index (χ3v) is 4.92. The third-order valence-electron chi connectivity index (χ3n) is 4.92. The fourth-order valence-electron chi connectivity index (χ4n) is 3.15. The first-order valence-electron chi connectivity index (χ1n) is 9.17. The summed E-state index contributed by atoms with van der Waals surface area (Å²) in [4.78, 5) is 26.1. The summed E-state index contributed by atoms with van der Waals surface area (Å²) in [5, 5.41) is 2.93. The van der Waals surface area contributed by atoms with Gasteiger partial charge in [-0.25, -0.2) is 4.39 Å². The highest BCUT2D eigenvalue weighted by Gasteiger charge is 2.30. The summed E-state index contributed by atoms with van der Waals surface area (Å²) in [6.07, 6.45) is 2.54. The Bertz CT molecular complexity index is 862. The minimum atomic E-state index is -0.271. The van der Waals surface area contributed by atoms with Gasteiger partial charge in [0.15, 0.2) is 6.61 Å². The molecule has 27 heavy (non-hydrogen) atoms. The van der Waals surface area contributed by atoms with Crippen LogP contribution in [-0.4, -0.2) is 29.9 Å². The summed E-state index contributed by atoms with van der Waals surface area (Å²) in [6, 6.07) is 11.8. The molecule has 1 aliphatic heterocycles. The van der Waals surface area contributed by atoms with Gasteiger partial charge in [-0.2, -0.15) is 0 Å². The molecule has 0 spiro atoms. The Kier molecular flexibility index (Phi) is 4.79. The number of amides is 2. The van der Waals surface area contributed by atoms with Gasteiger partial charge in [-0.15, -0.1) is 0 Å². The molecule has 2 amide bonds. The number of halogens is 1. The highest BCUT2D eigenvalue weighted by molar-refractivity contribution is 5.94. The number of carbonyl (C=O) groups is 2. The summed E-state index contributed by atoms with van der Waals surface area (Å²) in [6.45, 7) is 0.929. The number of rotatable bonds is 5. The van der Waals surface area contributed by atoms with Gasteiger partial charge in [0.25, 0.3) is 5.91 Å². The van der Waals surface area contributed by atoms with Crippen LogP contribution in [-0.2, 0) is 22.6 Å². The van der Waals surface area contributed by atoms with Gasteiger partial charge in [0, 0.05) is 30.3 Å². The zero-order valence-corrected chi connectivity index (χ0v) is 14.9. The average Bonchev–Trinajstić information content (AvgIpc) is 3.51. The number of ether oxygens (including phenoxy) is 1. The molecule has 2 aliphatic rings. The number of fused-ring (bicyclic) bond motifs is 1. The maximum Gasteiger partial charge on any atom is 0.260 e. The number of nitrogens with zero attached hydrogens (tertiary/aromatic N) is 1. The fraction of sp³-hybridized carbons (Fsp3) is 0.333. The highest BCUT2D eigenvalue weighted by atomic mass is 19.1. The highest BCUT2D eigenvalue weighted by Crippen LogP contribution is 2.31. The van der Waals surface area contributed by atoms with E-state index in [4.69, 9.17) is 4.74 Å². The SMILES string of the molecule is O=C(Nc1ccc2c(c1)CN(CCc1ccc(F)cc1)C(=O)CO2)C1CC1. The topological polar surface area (TPSA) is 58.6 Å². The van der Waals surface area contributed by atoms with Crippen LogP contribution in [0.5, 0.6) is 5.75 Å². The van der Waals surface area contributed by atoms with Crippen molar-refractivity contribution in [2.24, 2.45) is 5.92 Å². The monoisotopic (exact) mass is 368 g/mol. The second-order valence-corrected chi connectivity index (χ2v) is 7.07. The van der Waals surface area contributed by atoms with E-state index in [2.05, 4.69) is 5.32 Å². The van der Waals surface area contributed by atoms with Gasteiger partial charge in [-0.3, -0.25) is 9.59 Å². The number of carbonyl (C=O) groups excluding carboxylic acids is 2. The molecule has 5 nitrogen and oxygen atoms in total. The van der Waals surface area contributed by atoms with Crippen molar-refractivity contribution in [3.05, 3.63) is 59.4 Å². The zero-order chi connectivity index (χ0) is 18.8. The maximum atomic E-state index is 13.0. The van der Waals surface area contributed by atoms with Crippen LogP contribution < -0.4 is 10.1 Å². The summed E-state index contributed by atoms with van der Waals surface area (Å²) in [5.74, 6) is 0.490. The average molecular weight is 368 g/mol. The molecule has 0 atom stereocenters. The molecule has 1 aliphatic carbocycles. The van der Waals surface area contributed by atoms with E-state index in [0.29, 0.717) is 25.3 Å². The predicted octanol–water partition coefficient (Wildman–Crippen LogP) is 3.14. The van der Waals surface area contributed by atoms with E-state index < -0.39 is 0 Å². The van der Waals surface area contributed by atoms with E-state index in [1.54, 1.807) is 29.2 Å². The van der Waals surface area contributed by atoms with E-state index in [0.717, 1.165) is 29.7 Å². The van der Waals surface area contributed by atoms with Gasteiger partial charge < -0.3 is 15.0 Å². The molecule has 1 N–H and O–H groups in total. The molecule has 0 aromatic heterocycles. The Morgan fingerprint density at radius 3 is 2.70 bits per heavy atom. The first kappa shape index (κ1) is 17.5. The van der Waals surface area contributed by atoms with Crippen molar-refractivity contribution >= 4 is 17.5 Å². The summed E-state index contributed by atoms with van der Waals surface area (Å²) >= 11 is 0. The lowest BCUT2D eigenvalue weighted by atomic mass is 10.1. The van der Waals surface area contributed by atoms with Gasteiger partial charge in [0.05, 0.1) is 0 Å². The van der Waals surface area contributed by atoms with Crippen molar-refractivity contribution in [1.82, 2.24) is 4.90 Å². The normalized spacial score (nSPS) is 16.3. The van der Waals surface area contributed by atoms with E-state index in [-0.39, 0.29) is 30.2 Å². The van der Waals surface area contributed by atoms with Crippen molar-refractivity contribution in [1.29, 1.82) is 0 Å². The van der Waals surface area contributed by atoms with Crippen LogP contribution in [0.4, 0.5) is 10.1 Å². The van der Waals surface area contributed by atoms with Crippen LogP contribution in [0.25, 0.3) is 0 Å². The number of hydrogen-bond acceptors (Lipinski definition) is 3. The van der Waals surface area contributed by atoms with E-state index in [1.165, 1.54) is 12.1 Å². The molecule has 0 unspecified atom stereocenters. The van der Waals surface area contributed by atoms with Gasteiger partial charge in [-0.1, -0.05) is 12.1 Å². The molecule has 140 valence electrons. The molecular weight excluding hydrogens is 347 g/mol. The smallest absolute Gasteiger partial charge is 0.260 e. The number of benzene rings is 2. The van der Waals surface area contributed by atoms with Crippen molar-refractivity contribution < 1.29 is 18.7 Å². The molecule has 1 saturated carbocycles. The number of anilines is 1. The minimum Gasteiger partial charge on any atom is -0.483 e. The molecule has 0 saturated heterocycles. The number of nitrogens with one attached hydrogen (secondary N) is 1. The van der Waals surface area contributed by atoms with Gasteiger partial charge in [0.2, 0.25) is 5.91 Å². The Morgan fingerprint density at radius 1 is 1.19 bits per heavy atom. The molecular formula is C21H21FN2O3. The lowest BCUT2D eigenvalue weighted by Crippen LogP contribution is -2.34. The lowest BCUT2D eigenvalue weighted by Gasteiger charge is -2.20. The maximum absolute atomic E-state index is 13.0. The second-order valence-electron chi connectivity index (χ2n) is 7.07. The lowest BCUT2D eigenvalue weighted by molar-refractivity contribution is -0.133. The van der Waals surface area contributed by atoms with Crippen molar-refractivity contribution in [3.8, 4) is 5.75 Å². The van der Waals surface area contributed by atoms with Crippen LogP contribution in [0.15, 0.2) is 42.5 Å². The van der Waals surface area contributed by atoms with Crippen LogP contribution in [0.3, 0.4) is 0 Å². The van der Waals surface area contributed by atoms with Gasteiger partial charge in [0.1, 0.15) is 11.6 Å². The Labute approximate surface area is 157 Å².